The van der Waals surface area contributed by atoms with Gasteiger partial charge in [-0.25, -0.2) is 0 Å². The number of Topliss-reactive ketones (excluding diaryl/α,β-unsaturated/α-hetero) is 1. The monoisotopic (exact) mass is 406 g/mol. The first kappa shape index (κ1) is 23.0. The van der Waals surface area contributed by atoms with Gasteiger partial charge in [0.1, 0.15) is 5.75 Å². The summed E-state index contributed by atoms with van der Waals surface area (Å²) < 4.78 is 5.09. The fourth-order valence-corrected chi connectivity index (χ4v) is 2.77. The van der Waals surface area contributed by atoms with Crippen LogP contribution in [0.25, 0.3) is 0 Å². The number of primary amides is 1. The number of benzene rings is 1. The van der Waals surface area contributed by atoms with Crippen molar-refractivity contribution in [1.29, 1.82) is 0 Å². The van der Waals surface area contributed by atoms with Crippen molar-refractivity contribution in [1.82, 2.24) is 10.6 Å². The van der Waals surface area contributed by atoms with Gasteiger partial charge in [0.2, 0.25) is 17.6 Å². The minimum Gasteiger partial charge on any atom is -0.497 e. The molecule has 0 aromatic heterocycles. The standard InChI is InChI=1S/C18H22N4O5S/c1-27-14-5-2-12(3-6-14)10-28-11-15(19)18(26)22-9-17(25)21-8-13(23)4-7-16(20)24/h2-3,5-6,15H,8-11,19H2,1H3,(H2,20,24)(H,21,25)(H,22,26)/t15-/m0/s1. The largest absolute Gasteiger partial charge is 0.497 e. The molecule has 0 aliphatic heterocycles. The van der Waals surface area contributed by atoms with Crippen LogP contribution in [0.1, 0.15) is 5.56 Å². The lowest BCUT2D eigenvalue weighted by molar-refractivity contribution is -0.127. The van der Waals surface area contributed by atoms with Crippen molar-refractivity contribution in [3.05, 3.63) is 29.8 Å². The summed E-state index contributed by atoms with van der Waals surface area (Å²) in [6.45, 7) is -0.717. The number of rotatable bonds is 10. The molecule has 0 saturated carbocycles. The Hall–Kier alpha value is -3.03. The van der Waals surface area contributed by atoms with Gasteiger partial charge in [0.25, 0.3) is 5.91 Å². The van der Waals surface area contributed by atoms with Crippen LogP contribution in [0, 0.1) is 11.8 Å². The third-order valence-electron chi connectivity index (χ3n) is 3.26. The second-order valence-electron chi connectivity index (χ2n) is 5.50. The number of carbonyl (C=O) groups excluding carboxylic acids is 4. The molecule has 3 amide bonds. The number of thioether (sulfide) groups is 1. The third kappa shape index (κ3) is 9.61. The molecule has 150 valence electrons. The van der Waals surface area contributed by atoms with E-state index in [4.69, 9.17) is 16.2 Å². The Morgan fingerprint density at radius 1 is 1.11 bits per heavy atom. The Bertz CT molecular complexity index is 770. The van der Waals surface area contributed by atoms with Gasteiger partial charge in [0.05, 0.1) is 26.2 Å². The topological polar surface area (TPSA) is 154 Å². The third-order valence-corrected chi connectivity index (χ3v) is 4.39. The van der Waals surface area contributed by atoms with Crippen molar-refractivity contribution >= 4 is 35.3 Å². The zero-order valence-corrected chi connectivity index (χ0v) is 16.1. The number of ether oxygens (including phenoxy) is 1. The van der Waals surface area contributed by atoms with Gasteiger partial charge in [-0.1, -0.05) is 12.1 Å². The van der Waals surface area contributed by atoms with Gasteiger partial charge in [-0.2, -0.15) is 11.8 Å². The molecule has 10 heteroatoms. The van der Waals surface area contributed by atoms with Crippen LogP contribution in [0.4, 0.5) is 0 Å². The van der Waals surface area contributed by atoms with Crippen molar-refractivity contribution in [2.75, 3.05) is 26.0 Å². The van der Waals surface area contributed by atoms with Crippen molar-refractivity contribution in [2.45, 2.75) is 11.8 Å². The first-order chi connectivity index (χ1) is 13.3. The Morgan fingerprint density at radius 3 is 2.39 bits per heavy atom. The van der Waals surface area contributed by atoms with E-state index in [-0.39, 0.29) is 6.54 Å². The fourth-order valence-electron chi connectivity index (χ4n) is 1.82. The Kier molecular flexibility index (Phi) is 10.2. The fraction of sp³-hybridized carbons (Fsp3) is 0.333. The van der Waals surface area contributed by atoms with E-state index in [0.29, 0.717) is 11.5 Å². The Morgan fingerprint density at radius 2 is 1.79 bits per heavy atom. The highest BCUT2D eigenvalue weighted by Gasteiger charge is 2.14. The summed E-state index contributed by atoms with van der Waals surface area (Å²) in [5.74, 6) is 2.98. The van der Waals surface area contributed by atoms with E-state index in [2.05, 4.69) is 10.6 Å². The molecule has 0 spiro atoms. The lowest BCUT2D eigenvalue weighted by atomic mass is 10.2. The van der Waals surface area contributed by atoms with Crippen LogP contribution in [-0.2, 0) is 24.9 Å². The van der Waals surface area contributed by atoms with Gasteiger partial charge in [0, 0.05) is 17.4 Å². The number of carbonyl (C=O) groups is 4. The maximum absolute atomic E-state index is 11.9. The van der Waals surface area contributed by atoms with E-state index >= 15 is 0 Å². The van der Waals surface area contributed by atoms with E-state index in [1.54, 1.807) is 7.11 Å². The quantitative estimate of drug-likeness (QED) is 0.274. The Labute approximate surface area is 166 Å². The van der Waals surface area contributed by atoms with Crippen molar-refractivity contribution < 1.29 is 23.9 Å². The van der Waals surface area contributed by atoms with Crippen molar-refractivity contribution in [3.8, 4) is 17.6 Å². The number of nitrogens with two attached hydrogens (primary N) is 2. The molecule has 1 aromatic rings. The van der Waals surface area contributed by atoms with Crippen molar-refractivity contribution in [3.63, 3.8) is 0 Å². The first-order valence-corrected chi connectivity index (χ1v) is 9.32. The van der Waals surface area contributed by atoms with Crippen LogP contribution < -0.4 is 26.8 Å². The molecule has 0 radical (unpaired) electrons. The second-order valence-corrected chi connectivity index (χ2v) is 6.53. The zero-order chi connectivity index (χ0) is 20.9. The summed E-state index contributed by atoms with van der Waals surface area (Å²) in [6, 6.07) is 6.78. The molecule has 0 aliphatic rings. The van der Waals surface area contributed by atoms with E-state index < -0.39 is 36.1 Å². The minimum atomic E-state index is -0.939. The molecule has 0 heterocycles. The molecular weight excluding hydrogens is 384 g/mol. The molecule has 0 saturated heterocycles. The number of ketones is 1. The molecule has 0 aliphatic carbocycles. The highest BCUT2D eigenvalue weighted by atomic mass is 32.2. The molecule has 0 bridgehead atoms. The van der Waals surface area contributed by atoms with Crippen LogP contribution >= 0.6 is 11.8 Å². The first-order valence-electron chi connectivity index (χ1n) is 8.16. The summed E-state index contributed by atoms with van der Waals surface area (Å²) in [6.07, 6.45) is 0. The molecule has 6 N–H and O–H groups in total. The molecule has 0 unspecified atom stereocenters. The number of methoxy groups -OCH3 is 1. The molecule has 28 heavy (non-hydrogen) atoms. The van der Waals surface area contributed by atoms with Gasteiger partial charge in [0.15, 0.2) is 0 Å². The minimum absolute atomic E-state index is 0.327. The normalized spacial score (nSPS) is 10.8. The smallest absolute Gasteiger partial charge is 0.293 e. The average Bonchev–Trinajstić information content (AvgIpc) is 2.69. The number of hydrogen-bond donors (Lipinski definition) is 4. The van der Waals surface area contributed by atoms with E-state index in [0.717, 1.165) is 11.3 Å². The summed E-state index contributed by atoms with van der Waals surface area (Å²) in [7, 11) is 1.59. The summed E-state index contributed by atoms with van der Waals surface area (Å²) >= 11 is 1.49. The summed E-state index contributed by atoms with van der Waals surface area (Å²) in [5, 5.41) is 4.65. The van der Waals surface area contributed by atoms with Crippen LogP contribution in [-0.4, -0.2) is 55.5 Å². The molecule has 1 rings (SSSR count). The number of amides is 3. The number of nitrogens with one attached hydrogen (secondary N) is 2. The second kappa shape index (κ2) is 12.4. The van der Waals surface area contributed by atoms with Crippen LogP contribution in [0.15, 0.2) is 24.3 Å². The van der Waals surface area contributed by atoms with Crippen LogP contribution in [0.3, 0.4) is 0 Å². The molecule has 0 fully saturated rings. The lowest BCUT2D eigenvalue weighted by Gasteiger charge is -2.12. The van der Waals surface area contributed by atoms with Gasteiger partial charge >= 0.3 is 0 Å². The lowest BCUT2D eigenvalue weighted by Crippen LogP contribution is -2.46. The van der Waals surface area contributed by atoms with E-state index in [1.807, 2.05) is 36.1 Å². The van der Waals surface area contributed by atoms with Crippen LogP contribution in [0.2, 0.25) is 0 Å². The Balaban J connectivity index is 2.24. The van der Waals surface area contributed by atoms with Gasteiger partial charge in [-0.05, 0) is 23.6 Å². The van der Waals surface area contributed by atoms with E-state index in [1.165, 1.54) is 11.8 Å². The highest BCUT2D eigenvalue weighted by Crippen LogP contribution is 2.16. The zero-order valence-electron chi connectivity index (χ0n) is 15.3. The SMILES string of the molecule is COc1ccc(CSC[C@H](N)C(=O)NCC(=O)NCC(=O)C#CC(N)=O)cc1. The van der Waals surface area contributed by atoms with E-state index in [9.17, 15) is 19.2 Å². The molecule has 1 aromatic carbocycles. The summed E-state index contributed by atoms with van der Waals surface area (Å²) in [4.78, 5) is 45.2. The molecule has 1 atom stereocenters. The average molecular weight is 406 g/mol. The number of hydrogen-bond acceptors (Lipinski definition) is 7. The van der Waals surface area contributed by atoms with Gasteiger partial charge in [-0.15, -0.1) is 0 Å². The predicted octanol–water partition coefficient (Wildman–Crippen LogP) is -1.45. The maximum atomic E-state index is 11.9. The van der Waals surface area contributed by atoms with Gasteiger partial charge < -0.3 is 26.8 Å². The molecular formula is C18H22N4O5S. The van der Waals surface area contributed by atoms with Crippen LogP contribution in [0.5, 0.6) is 5.75 Å². The maximum Gasteiger partial charge on any atom is 0.293 e. The molecule has 9 nitrogen and oxygen atoms in total. The van der Waals surface area contributed by atoms with Gasteiger partial charge in [-0.3, -0.25) is 19.2 Å². The predicted molar refractivity (Wildman–Crippen MR) is 105 cm³/mol. The highest BCUT2D eigenvalue weighted by molar-refractivity contribution is 7.98. The van der Waals surface area contributed by atoms with Crippen molar-refractivity contribution in [2.24, 2.45) is 11.5 Å². The summed E-state index contributed by atoms with van der Waals surface area (Å²) in [5.41, 5.74) is 11.6.